The normalized spacial score (nSPS) is 14.1. The Labute approximate surface area is 123 Å². The lowest BCUT2D eigenvalue weighted by molar-refractivity contribution is -0.126. The quantitative estimate of drug-likeness (QED) is 0.766. The van der Waals surface area contributed by atoms with E-state index in [1.165, 1.54) is 5.56 Å². The molecule has 1 amide bonds. The van der Waals surface area contributed by atoms with Gasteiger partial charge in [0.15, 0.2) is 0 Å². The van der Waals surface area contributed by atoms with Crippen molar-refractivity contribution in [3.05, 3.63) is 35.9 Å². The van der Waals surface area contributed by atoms with Gasteiger partial charge in [0.25, 0.3) is 0 Å². The van der Waals surface area contributed by atoms with Crippen LogP contribution in [0.1, 0.15) is 33.3 Å². The Morgan fingerprint density at radius 3 is 2.35 bits per heavy atom. The van der Waals surface area contributed by atoms with Crippen LogP contribution in [0.4, 0.5) is 0 Å². The maximum atomic E-state index is 12.4. The zero-order chi connectivity index (χ0) is 15.0. The molecule has 0 aromatic heterocycles. The summed E-state index contributed by atoms with van der Waals surface area (Å²) < 4.78 is 0. The Morgan fingerprint density at radius 1 is 1.15 bits per heavy atom. The number of nitrogens with one attached hydrogen (secondary N) is 2. The molecule has 0 aliphatic rings. The van der Waals surface area contributed by atoms with Crippen molar-refractivity contribution >= 4 is 5.91 Å². The molecule has 1 rings (SSSR count). The van der Waals surface area contributed by atoms with Crippen LogP contribution in [0.25, 0.3) is 0 Å². The molecule has 112 valence electrons. The Hall–Kier alpha value is -1.35. The van der Waals surface area contributed by atoms with Crippen molar-refractivity contribution < 1.29 is 4.79 Å². The number of benzene rings is 1. The minimum atomic E-state index is 0.0335. The van der Waals surface area contributed by atoms with Crippen LogP contribution in [0.2, 0.25) is 0 Å². The molecule has 0 aliphatic carbocycles. The lowest BCUT2D eigenvalue weighted by Gasteiger charge is -2.22. The molecule has 0 saturated carbocycles. The van der Waals surface area contributed by atoms with Gasteiger partial charge < -0.3 is 10.6 Å². The Balaban J connectivity index is 2.55. The van der Waals surface area contributed by atoms with Gasteiger partial charge >= 0.3 is 0 Å². The van der Waals surface area contributed by atoms with Crippen molar-refractivity contribution in [1.29, 1.82) is 0 Å². The summed E-state index contributed by atoms with van der Waals surface area (Å²) in [5.74, 6) is 0.532. The highest BCUT2D eigenvalue weighted by Gasteiger charge is 2.22. The molecule has 1 aromatic rings. The van der Waals surface area contributed by atoms with E-state index in [9.17, 15) is 4.79 Å². The fourth-order valence-electron chi connectivity index (χ4n) is 2.30. The first-order chi connectivity index (χ1) is 9.54. The van der Waals surface area contributed by atoms with Crippen molar-refractivity contribution in [2.45, 2.75) is 40.2 Å². The lowest BCUT2D eigenvalue weighted by atomic mass is 9.88. The molecular weight excluding hydrogens is 248 g/mol. The molecule has 3 heteroatoms. The van der Waals surface area contributed by atoms with Crippen molar-refractivity contribution in [2.24, 2.45) is 11.8 Å². The van der Waals surface area contributed by atoms with E-state index >= 15 is 0 Å². The lowest BCUT2D eigenvalue weighted by Crippen LogP contribution is -2.42. The molecule has 0 heterocycles. The van der Waals surface area contributed by atoms with Crippen LogP contribution in [0.5, 0.6) is 0 Å². The van der Waals surface area contributed by atoms with Crippen LogP contribution in [-0.2, 0) is 11.2 Å². The third-order valence-electron chi connectivity index (χ3n) is 3.58. The second kappa shape index (κ2) is 8.75. The standard InChI is InChI=1S/C17H28N2O/c1-5-18-14(4)12-19-17(20)16(13(2)3)11-15-9-7-6-8-10-15/h6-10,13-14,16,18H,5,11-12H2,1-4H3,(H,19,20)/t14-,16?/m1/s1. The first-order valence-corrected chi connectivity index (χ1v) is 7.59. The van der Waals surface area contributed by atoms with E-state index in [0.717, 1.165) is 13.0 Å². The molecular formula is C17H28N2O. The van der Waals surface area contributed by atoms with Gasteiger partial charge in [-0.2, -0.15) is 0 Å². The van der Waals surface area contributed by atoms with Crippen LogP contribution in [0, 0.1) is 11.8 Å². The Morgan fingerprint density at radius 2 is 1.80 bits per heavy atom. The van der Waals surface area contributed by atoms with E-state index < -0.39 is 0 Å². The van der Waals surface area contributed by atoms with Gasteiger partial charge in [0.05, 0.1) is 0 Å². The van der Waals surface area contributed by atoms with Crippen LogP contribution >= 0.6 is 0 Å². The summed E-state index contributed by atoms with van der Waals surface area (Å²) in [6, 6.07) is 10.5. The summed E-state index contributed by atoms with van der Waals surface area (Å²) in [6.45, 7) is 10.00. The van der Waals surface area contributed by atoms with Gasteiger partial charge in [0, 0.05) is 18.5 Å². The summed E-state index contributed by atoms with van der Waals surface area (Å²) in [6.07, 6.45) is 0.805. The minimum Gasteiger partial charge on any atom is -0.354 e. The maximum Gasteiger partial charge on any atom is 0.223 e. The maximum absolute atomic E-state index is 12.4. The highest BCUT2D eigenvalue weighted by molar-refractivity contribution is 5.79. The summed E-state index contributed by atoms with van der Waals surface area (Å²) in [4.78, 5) is 12.4. The average molecular weight is 276 g/mol. The van der Waals surface area contributed by atoms with Crippen LogP contribution in [0.3, 0.4) is 0 Å². The number of carbonyl (C=O) groups excluding carboxylic acids is 1. The summed E-state index contributed by atoms with van der Waals surface area (Å²) in [7, 11) is 0. The number of amides is 1. The molecule has 0 spiro atoms. The molecule has 2 atom stereocenters. The Bertz CT molecular complexity index is 389. The van der Waals surface area contributed by atoms with Crippen molar-refractivity contribution in [1.82, 2.24) is 10.6 Å². The fourth-order valence-corrected chi connectivity index (χ4v) is 2.30. The number of carbonyl (C=O) groups is 1. The van der Waals surface area contributed by atoms with Gasteiger partial charge in [0.1, 0.15) is 0 Å². The summed E-state index contributed by atoms with van der Waals surface area (Å²) in [5.41, 5.74) is 1.22. The van der Waals surface area contributed by atoms with E-state index in [2.05, 4.69) is 50.5 Å². The van der Waals surface area contributed by atoms with Crippen LogP contribution < -0.4 is 10.6 Å². The van der Waals surface area contributed by atoms with E-state index in [1.807, 2.05) is 18.2 Å². The highest BCUT2D eigenvalue weighted by Crippen LogP contribution is 2.17. The monoisotopic (exact) mass is 276 g/mol. The molecule has 0 radical (unpaired) electrons. The highest BCUT2D eigenvalue weighted by atomic mass is 16.1. The third kappa shape index (κ3) is 5.74. The fraction of sp³-hybridized carbons (Fsp3) is 0.588. The number of rotatable bonds is 8. The molecule has 0 bridgehead atoms. The van der Waals surface area contributed by atoms with Crippen molar-refractivity contribution in [3.8, 4) is 0 Å². The summed E-state index contributed by atoms with van der Waals surface area (Å²) >= 11 is 0. The average Bonchev–Trinajstić information content (AvgIpc) is 2.43. The van der Waals surface area contributed by atoms with Gasteiger partial charge in [-0.3, -0.25) is 4.79 Å². The van der Waals surface area contributed by atoms with Crippen LogP contribution in [0.15, 0.2) is 30.3 Å². The smallest absolute Gasteiger partial charge is 0.223 e. The predicted octanol–water partition coefficient (Wildman–Crippen LogP) is 2.62. The van der Waals surface area contributed by atoms with Crippen molar-refractivity contribution in [2.75, 3.05) is 13.1 Å². The molecule has 2 N–H and O–H groups in total. The number of likely N-dealkylation sites (N-methyl/N-ethyl adjacent to an activating group) is 1. The number of hydrogen-bond donors (Lipinski definition) is 2. The minimum absolute atomic E-state index is 0.0335. The first-order valence-electron chi connectivity index (χ1n) is 7.59. The SMILES string of the molecule is CCN[C@H](C)CNC(=O)C(Cc1ccccc1)C(C)C. The number of hydrogen-bond acceptors (Lipinski definition) is 2. The van der Waals surface area contributed by atoms with E-state index in [0.29, 0.717) is 18.5 Å². The van der Waals surface area contributed by atoms with Crippen molar-refractivity contribution in [3.63, 3.8) is 0 Å². The molecule has 3 nitrogen and oxygen atoms in total. The summed E-state index contributed by atoms with van der Waals surface area (Å²) in [5, 5.41) is 6.37. The van der Waals surface area contributed by atoms with Gasteiger partial charge in [-0.05, 0) is 31.4 Å². The van der Waals surface area contributed by atoms with E-state index in [1.54, 1.807) is 0 Å². The zero-order valence-electron chi connectivity index (χ0n) is 13.1. The molecule has 20 heavy (non-hydrogen) atoms. The second-order valence-electron chi connectivity index (χ2n) is 5.74. The third-order valence-corrected chi connectivity index (χ3v) is 3.58. The van der Waals surface area contributed by atoms with Gasteiger partial charge in [-0.15, -0.1) is 0 Å². The molecule has 0 saturated heterocycles. The van der Waals surface area contributed by atoms with Gasteiger partial charge in [-0.1, -0.05) is 51.1 Å². The topological polar surface area (TPSA) is 41.1 Å². The molecule has 1 aromatic carbocycles. The first kappa shape index (κ1) is 16.7. The van der Waals surface area contributed by atoms with Gasteiger partial charge in [-0.25, -0.2) is 0 Å². The molecule has 1 unspecified atom stereocenters. The van der Waals surface area contributed by atoms with E-state index in [-0.39, 0.29) is 11.8 Å². The van der Waals surface area contributed by atoms with Crippen LogP contribution in [-0.4, -0.2) is 25.0 Å². The van der Waals surface area contributed by atoms with E-state index in [4.69, 9.17) is 0 Å². The largest absolute Gasteiger partial charge is 0.354 e. The van der Waals surface area contributed by atoms with Gasteiger partial charge in [0.2, 0.25) is 5.91 Å². The molecule has 0 fully saturated rings. The predicted molar refractivity (Wildman–Crippen MR) is 84.6 cm³/mol. The second-order valence-corrected chi connectivity index (χ2v) is 5.74. The Kier molecular flexibility index (Phi) is 7.31. The zero-order valence-corrected chi connectivity index (χ0v) is 13.1. The molecule has 0 aliphatic heterocycles.